The predicted molar refractivity (Wildman–Crippen MR) is 75.2 cm³/mol. The Morgan fingerprint density at radius 2 is 2.14 bits per heavy atom. The Bertz CT molecular complexity index is 673. The number of hydrogen-bond acceptors (Lipinski definition) is 4. The van der Waals surface area contributed by atoms with Gasteiger partial charge in [-0.05, 0) is 20.8 Å². The Labute approximate surface area is 121 Å². The molecule has 2 heterocycles. The second kappa shape index (κ2) is 5.78. The smallest absolute Gasteiger partial charge is 0.328 e. The van der Waals surface area contributed by atoms with Crippen LogP contribution in [0.2, 0.25) is 0 Å². The summed E-state index contributed by atoms with van der Waals surface area (Å²) in [7, 11) is 0. The van der Waals surface area contributed by atoms with Crippen LogP contribution in [0.3, 0.4) is 0 Å². The maximum Gasteiger partial charge on any atom is 0.328 e. The van der Waals surface area contributed by atoms with Gasteiger partial charge in [-0.1, -0.05) is 0 Å². The summed E-state index contributed by atoms with van der Waals surface area (Å²) >= 11 is 0. The molecule has 8 heteroatoms. The van der Waals surface area contributed by atoms with Gasteiger partial charge >= 0.3 is 5.97 Å². The first-order chi connectivity index (χ1) is 9.92. The van der Waals surface area contributed by atoms with E-state index in [1.807, 2.05) is 6.92 Å². The lowest BCUT2D eigenvalue weighted by Gasteiger charge is -2.05. The van der Waals surface area contributed by atoms with Crippen LogP contribution in [0.25, 0.3) is 0 Å². The molecular formula is C13H17N5O3. The minimum Gasteiger partial charge on any atom is -0.480 e. The van der Waals surface area contributed by atoms with Gasteiger partial charge in [0.1, 0.15) is 6.04 Å². The van der Waals surface area contributed by atoms with E-state index in [-0.39, 0.29) is 5.91 Å². The number of aliphatic carboxylic acids is 1. The fourth-order valence-electron chi connectivity index (χ4n) is 1.78. The Morgan fingerprint density at radius 3 is 2.71 bits per heavy atom. The average Bonchev–Trinajstić information content (AvgIpc) is 3.05. The van der Waals surface area contributed by atoms with E-state index in [9.17, 15) is 9.59 Å². The largest absolute Gasteiger partial charge is 0.480 e. The van der Waals surface area contributed by atoms with Crippen LogP contribution < -0.4 is 5.32 Å². The molecule has 0 aliphatic rings. The summed E-state index contributed by atoms with van der Waals surface area (Å²) in [5.41, 5.74) is 1.64. The second-order valence-corrected chi connectivity index (χ2v) is 4.66. The molecule has 1 atom stereocenters. The zero-order valence-corrected chi connectivity index (χ0v) is 12.1. The van der Waals surface area contributed by atoms with Gasteiger partial charge in [0, 0.05) is 18.9 Å². The molecule has 2 N–H and O–H groups in total. The van der Waals surface area contributed by atoms with E-state index in [4.69, 9.17) is 5.11 Å². The van der Waals surface area contributed by atoms with Crippen molar-refractivity contribution < 1.29 is 14.7 Å². The molecule has 0 fully saturated rings. The molecule has 2 aromatic rings. The highest BCUT2D eigenvalue weighted by Crippen LogP contribution is 2.14. The van der Waals surface area contributed by atoms with Crippen molar-refractivity contribution in [1.29, 1.82) is 0 Å². The Balaban J connectivity index is 2.13. The lowest BCUT2D eigenvalue weighted by molar-refractivity contribution is -0.140. The molecule has 0 aromatic carbocycles. The topological polar surface area (TPSA) is 102 Å². The van der Waals surface area contributed by atoms with Crippen molar-refractivity contribution in [2.45, 2.75) is 33.4 Å². The molecule has 1 unspecified atom stereocenters. The van der Waals surface area contributed by atoms with E-state index in [1.54, 1.807) is 17.8 Å². The van der Waals surface area contributed by atoms with Crippen LogP contribution in [0.1, 0.15) is 35.9 Å². The molecule has 8 nitrogen and oxygen atoms in total. The Morgan fingerprint density at radius 1 is 1.43 bits per heavy atom. The van der Waals surface area contributed by atoms with Gasteiger partial charge in [0.25, 0.3) is 5.91 Å². The maximum absolute atomic E-state index is 12.1. The maximum atomic E-state index is 12.1. The van der Waals surface area contributed by atoms with E-state index in [2.05, 4.69) is 15.5 Å². The number of carbonyl (C=O) groups excluding carboxylic acids is 1. The molecule has 0 saturated carbocycles. The summed E-state index contributed by atoms with van der Waals surface area (Å²) in [5.74, 6) is -1.36. The van der Waals surface area contributed by atoms with Crippen molar-refractivity contribution in [1.82, 2.24) is 19.6 Å². The van der Waals surface area contributed by atoms with Crippen LogP contribution in [0, 0.1) is 6.92 Å². The number of hydrogen-bond donors (Lipinski definition) is 2. The van der Waals surface area contributed by atoms with E-state index < -0.39 is 12.0 Å². The predicted octanol–water partition coefficient (Wildman–Crippen LogP) is 1.31. The van der Waals surface area contributed by atoms with Gasteiger partial charge in [0.05, 0.1) is 23.1 Å². The van der Waals surface area contributed by atoms with E-state index in [1.165, 1.54) is 24.0 Å². The third kappa shape index (κ3) is 3.10. The lowest BCUT2D eigenvalue weighted by atomic mass is 10.3. The summed E-state index contributed by atoms with van der Waals surface area (Å²) in [5, 5.41) is 19.8. The molecule has 1 amide bonds. The molecule has 0 radical (unpaired) electrons. The fourth-order valence-corrected chi connectivity index (χ4v) is 1.78. The number of carboxylic acids is 1. The van der Waals surface area contributed by atoms with Crippen LogP contribution in [0.4, 0.5) is 5.69 Å². The van der Waals surface area contributed by atoms with Gasteiger partial charge < -0.3 is 10.4 Å². The SMILES string of the molecule is CCn1cc(NC(=O)c2cnn(C(C)C(=O)O)c2)c(C)n1. The highest BCUT2D eigenvalue weighted by molar-refractivity contribution is 6.04. The van der Waals surface area contributed by atoms with Gasteiger partial charge in [0.2, 0.25) is 0 Å². The molecule has 2 aromatic heterocycles. The van der Waals surface area contributed by atoms with Crippen LogP contribution in [0.15, 0.2) is 18.6 Å². The summed E-state index contributed by atoms with van der Waals surface area (Å²) in [6.45, 7) is 5.96. The zero-order valence-electron chi connectivity index (χ0n) is 12.1. The zero-order chi connectivity index (χ0) is 15.6. The number of nitrogens with one attached hydrogen (secondary N) is 1. The summed E-state index contributed by atoms with van der Waals surface area (Å²) in [6.07, 6.45) is 4.50. The van der Waals surface area contributed by atoms with Crippen LogP contribution >= 0.6 is 0 Å². The molecule has 2 rings (SSSR count). The molecular weight excluding hydrogens is 274 g/mol. The van der Waals surface area contributed by atoms with Crippen LogP contribution in [-0.4, -0.2) is 36.5 Å². The average molecular weight is 291 g/mol. The highest BCUT2D eigenvalue weighted by Gasteiger charge is 2.17. The van der Waals surface area contributed by atoms with E-state index >= 15 is 0 Å². The summed E-state index contributed by atoms with van der Waals surface area (Å²) < 4.78 is 2.96. The number of anilines is 1. The van der Waals surface area contributed by atoms with Gasteiger partial charge in [-0.25, -0.2) is 4.79 Å². The summed E-state index contributed by atoms with van der Waals surface area (Å²) in [4.78, 5) is 23.0. The third-order valence-electron chi connectivity index (χ3n) is 3.14. The third-order valence-corrected chi connectivity index (χ3v) is 3.14. The summed E-state index contributed by atoms with van der Waals surface area (Å²) in [6, 6.07) is -0.823. The number of nitrogens with zero attached hydrogens (tertiary/aromatic N) is 4. The van der Waals surface area contributed by atoms with Gasteiger partial charge in [-0.15, -0.1) is 0 Å². The van der Waals surface area contributed by atoms with Crippen molar-refractivity contribution in [3.63, 3.8) is 0 Å². The number of aromatic nitrogens is 4. The lowest BCUT2D eigenvalue weighted by Crippen LogP contribution is -2.16. The fraction of sp³-hybridized carbons (Fsp3) is 0.385. The standard InChI is InChI=1S/C13H17N5O3/c1-4-17-7-11(8(2)16-17)15-12(19)10-5-14-18(6-10)9(3)13(20)21/h5-7,9H,4H2,1-3H3,(H,15,19)(H,20,21). The molecule has 0 spiro atoms. The minimum atomic E-state index is -1.01. The molecule has 0 aliphatic carbocycles. The number of aryl methyl sites for hydroxylation is 2. The minimum absolute atomic E-state index is 0.298. The normalized spacial score (nSPS) is 12.1. The monoisotopic (exact) mass is 291 g/mol. The second-order valence-electron chi connectivity index (χ2n) is 4.66. The van der Waals surface area contributed by atoms with Crippen LogP contribution in [-0.2, 0) is 11.3 Å². The van der Waals surface area contributed by atoms with Crippen molar-refractivity contribution in [3.05, 3.63) is 29.8 Å². The first kappa shape index (κ1) is 14.8. The number of carbonyl (C=O) groups is 2. The van der Waals surface area contributed by atoms with Gasteiger partial charge in [-0.2, -0.15) is 10.2 Å². The van der Waals surface area contributed by atoms with Crippen molar-refractivity contribution in [2.75, 3.05) is 5.32 Å². The van der Waals surface area contributed by atoms with Gasteiger partial charge in [0.15, 0.2) is 0 Å². The van der Waals surface area contributed by atoms with E-state index in [0.717, 1.165) is 5.69 Å². The highest BCUT2D eigenvalue weighted by atomic mass is 16.4. The molecule has 21 heavy (non-hydrogen) atoms. The van der Waals surface area contributed by atoms with Crippen molar-refractivity contribution in [2.24, 2.45) is 0 Å². The molecule has 0 saturated heterocycles. The number of carboxylic acid groups (broad SMARTS) is 1. The first-order valence-electron chi connectivity index (χ1n) is 6.54. The number of amides is 1. The molecule has 112 valence electrons. The van der Waals surface area contributed by atoms with Gasteiger partial charge in [-0.3, -0.25) is 14.2 Å². The van der Waals surface area contributed by atoms with E-state index in [0.29, 0.717) is 17.8 Å². The van der Waals surface area contributed by atoms with Crippen molar-refractivity contribution in [3.8, 4) is 0 Å². The van der Waals surface area contributed by atoms with Crippen LogP contribution in [0.5, 0.6) is 0 Å². The van der Waals surface area contributed by atoms with Crippen molar-refractivity contribution >= 4 is 17.6 Å². The Kier molecular flexibility index (Phi) is 4.06. The molecule has 0 aliphatic heterocycles. The molecule has 0 bridgehead atoms. The quantitative estimate of drug-likeness (QED) is 0.864. The Hall–Kier alpha value is -2.64. The first-order valence-corrected chi connectivity index (χ1v) is 6.54. The number of rotatable bonds is 5.